The van der Waals surface area contributed by atoms with Crippen molar-refractivity contribution in [3.05, 3.63) is 40.7 Å². The minimum absolute atomic E-state index is 0.131. The molecule has 1 aromatic carbocycles. The fourth-order valence-corrected chi connectivity index (χ4v) is 3.06. The van der Waals surface area contributed by atoms with Crippen molar-refractivity contribution in [3.63, 3.8) is 0 Å². The number of amides is 1. The van der Waals surface area contributed by atoms with Gasteiger partial charge in [0.25, 0.3) is 5.91 Å². The van der Waals surface area contributed by atoms with Crippen LogP contribution in [0.1, 0.15) is 27.3 Å². The molecule has 3 heterocycles. The van der Waals surface area contributed by atoms with E-state index in [1.165, 1.54) is 0 Å². The highest BCUT2D eigenvalue weighted by Crippen LogP contribution is 2.30. The zero-order valence-corrected chi connectivity index (χ0v) is 13.4. The molecule has 0 saturated heterocycles. The van der Waals surface area contributed by atoms with Crippen molar-refractivity contribution in [1.82, 2.24) is 20.8 Å². The van der Waals surface area contributed by atoms with E-state index in [0.717, 1.165) is 47.7 Å². The van der Waals surface area contributed by atoms with Crippen LogP contribution in [0.25, 0.3) is 0 Å². The summed E-state index contributed by atoms with van der Waals surface area (Å²) < 4.78 is 11.1. The van der Waals surface area contributed by atoms with Crippen LogP contribution in [0.5, 0.6) is 11.5 Å². The van der Waals surface area contributed by atoms with Crippen molar-refractivity contribution >= 4 is 5.91 Å². The van der Waals surface area contributed by atoms with Crippen molar-refractivity contribution < 1.29 is 14.3 Å². The first-order valence-corrected chi connectivity index (χ1v) is 8.25. The second-order valence-corrected chi connectivity index (χ2v) is 5.94. The van der Waals surface area contributed by atoms with Crippen molar-refractivity contribution in [1.29, 1.82) is 0 Å². The van der Waals surface area contributed by atoms with Gasteiger partial charge in [0.05, 0.1) is 0 Å². The van der Waals surface area contributed by atoms with E-state index in [0.29, 0.717) is 32.0 Å². The lowest BCUT2D eigenvalue weighted by Gasteiger charge is -2.18. The van der Waals surface area contributed by atoms with E-state index in [-0.39, 0.29) is 5.91 Å². The molecular weight excluding hydrogens is 308 g/mol. The second kappa shape index (κ2) is 6.52. The maximum atomic E-state index is 12.3. The minimum atomic E-state index is -0.131. The Hall–Kier alpha value is -2.54. The van der Waals surface area contributed by atoms with E-state index >= 15 is 0 Å². The number of aromatic amines is 1. The summed E-state index contributed by atoms with van der Waals surface area (Å²) in [5.41, 5.74) is 3.65. The molecule has 3 N–H and O–H groups in total. The maximum absolute atomic E-state index is 12.3. The Morgan fingerprint density at radius 1 is 1.25 bits per heavy atom. The van der Waals surface area contributed by atoms with Crippen molar-refractivity contribution in [2.24, 2.45) is 0 Å². The molecule has 126 valence electrons. The average molecular weight is 328 g/mol. The Kier molecular flexibility index (Phi) is 4.08. The van der Waals surface area contributed by atoms with Gasteiger partial charge in [0.15, 0.2) is 17.2 Å². The summed E-state index contributed by atoms with van der Waals surface area (Å²) in [5, 5.41) is 13.3. The molecule has 0 fully saturated rings. The molecule has 0 bridgehead atoms. The topological polar surface area (TPSA) is 88.3 Å². The lowest BCUT2D eigenvalue weighted by Crippen LogP contribution is -2.29. The third kappa shape index (κ3) is 2.94. The molecule has 0 atom stereocenters. The predicted molar refractivity (Wildman–Crippen MR) is 87.5 cm³/mol. The first-order chi connectivity index (χ1) is 11.8. The Morgan fingerprint density at radius 2 is 2.12 bits per heavy atom. The van der Waals surface area contributed by atoms with E-state index in [1.807, 2.05) is 18.2 Å². The minimum Gasteiger partial charge on any atom is -0.486 e. The molecule has 7 nitrogen and oxygen atoms in total. The fourth-order valence-electron chi connectivity index (χ4n) is 3.06. The molecule has 4 rings (SSSR count). The molecule has 0 radical (unpaired) electrons. The molecule has 0 saturated carbocycles. The van der Waals surface area contributed by atoms with Gasteiger partial charge < -0.3 is 20.1 Å². The number of fused-ring (bicyclic) bond motifs is 2. The molecule has 1 amide bonds. The van der Waals surface area contributed by atoms with E-state index in [2.05, 4.69) is 20.8 Å². The quantitative estimate of drug-likeness (QED) is 0.773. The summed E-state index contributed by atoms with van der Waals surface area (Å²) in [7, 11) is 0. The maximum Gasteiger partial charge on any atom is 0.272 e. The number of rotatable bonds is 4. The third-order valence-electron chi connectivity index (χ3n) is 4.33. The number of hydrogen-bond acceptors (Lipinski definition) is 5. The van der Waals surface area contributed by atoms with Gasteiger partial charge in [0.2, 0.25) is 0 Å². The second-order valence-electron chi connectivity index (χ2n) is 5.94. The largest absolute Gasteiger partial charge is 0.486 e. The van der Waals surface area contributed by atoms with E-state index < -0.39 is 0 Å². The van der Waals surface area contributed by atoms with Crippen LogP contribution in [0.15, 0.2) is 18.2 Å². The molecule has 7 heteroatoms. The highest BCUT2D eigenvalue weighted by molar-refractivity contribution is 5.94. The van der Waals surface area contributed by atoms with Gasteiger partial charge in [0.1, 0.15) is 13.2 Å². The van der Waals surface area contributed by atoms with Crippen LogP contribution in [0.4, 0.5) is 0 Å². The number of carbonyl (C=O) groups is 1. The number of aromatic nitrogens is 2. The van der Waals surface area contributed by atoms with Crippen LogP contribution in [0.3, 0.4) is 0 Å². The van der Waals surface area contributed by atoms with Gasteiger partial charge in [-0.25, -0.2) is 0 Å². The molecule has 1 aromatic heterocycles. The van der Waals surface area contributed by atoms with Gasteiger partial charge in [-0.05, 0) is 24.1 Å². The van der Waals surface area contributed by atoms with Crippen LogP contribution >= 0.6 is 0 Å². The number of carbonyl (C=O) groups excluding carboxylic acids is 1. The van der Waals surface area contributed by atoms with Gasteiger partial charge in [-0.2, -0.15) is 5.10 Å². The molecule has 0 unspecified atom stereocenters. The average Bonchev–Trinajstić information content (AvgIpc) is 3.06. The number of nitrogens with one attached hydrogen (secondary N) is 3. The molecular formula is C17H20N4O3. The number of H-pyrrole nitrogens is 1. The van der Waals surface area contributed by atoms with Gasteiger partial charge in [0, 0.05) is 37.3 Å². The van der Waals surface area contributed by atoms with Crippen LogP contribution in [0.2, 0.25) is 0 Å². The molecule has 2 aliphatic heterocycles. The number of nitrogens with zero attached hydrogens (tertiary/aromatic N) is 1. The monoisotopic (exact) mass is 328 g/mol. The fraction of sp³-hybridized carbons (Fsp3) is 0.412. The van der Waals surface area contributed by atoms with Crippen molar-refractivity contribution in [2.45, 2.75) is 19.4 Å². The first-order valence-electron chi connectivity index (χ1n) is 8.25. The lowest BCUT2D eigenvalue weighted by molar-refractivity contribution is 0.0948. The highest BCUT2D eigenvalue weighted by atomic mass is 16.6. The summed E-state index contributed by atoms with van der Waals surface area (Å²) >= 11 is 0. The van der Waals surface area contributed by atoms with Crippen molar-refractivity contribution in [2.75, 3.05) is 26.3 Å². The first kappa shape index (κ1) is 15.0. The van der Waals surface area contributed by atoms with E-state index in [4.69, 9.17) is 9.47 Å². The SMILES string of the molecule is O=C(NCCc1ccc2c(c1)OCCO2)c1n[nH]c2c1CNCC2. The van der Waals surface area contributed by atoms with Gasteiger partial charge in [-0.3, -0.25) is 9.89 Å². The molecule has 24 heavy (non-hydrogen) atoms. The Labute approximate surface area is 139 Å². The zero-order valence-electron chi connectivity index (χ0n) is 13.4. The summed E-state index contributed by atoms with van der Waals surface area (Å²) in [6.07, 6.45) is 1.61. The number of ether oxygens (including phenoxy) is 2. The summed E-state index contributed by atoms with van der Waals surface area (Å²) in [6.45, 7) is 3.32. The predicted octanol–water partition coefficient (Wildman–Crippen LogP) is 0.799. The number of benzene rings is 1. The summed E-state index contributed by atoms with van der Waals surface area (Å²) in [5.74, 6) is 1.43. The third-order valence-corrected chi connectivity index (χ3v) is 4.33. The van der Waals surface area contributed by atoms with E-state index in [9.17, 15) is 4.79 Å². The highest BCUT2D eigenvalue weighted by Gasteiger charge is 2.21. The molecule has 0 aliphatic carbocycles. The molecule has 2 aliphatic rings. The molecule has 2 aromatic rings. The van der Waals surface area contributed by atoms with Gasteiger partial charge in [-0.1, -0.05) is 6.07 Å². The van der Waals surface area contributed by atoms with Crippen LogP contribution in [0, 0.1) is 0 Å². The van der Waals surface area contributed by atoms with Crippen LogP contribution < -0.4 is 20.1 Å². The standard InChI is InChI=1S/C17H20N4O3/c22-17(16-12-10-18-5-4-13(12)20-21-16)19-6-3-11-1-2-14-15(9-11)24-8-7-23-14/h1-2,9,18H,3-8,10H2,(H,19,22)(H,20,21). The smallest absolute Gasteiger partial charge is 0.272 e. The normalized spacial score (nSPS) is 15.7. The van der Waals surface area contributed by atoms with Crippen molar-refractivity contribution in [3.8, 4) is 11.5 Å². The Balaban J connectivity index is 1.35. The van der Waals surface area contributed by atoms with Crippen LogP contribution in [-0.2, 0) is 19.4 Å². The Bertz CT molecular complexity index is 756. The van der Waals surface area contributed by atoms with Gasteiger partial charge >= 0.3 is 0 Å². The summed E-state index contributed by atoms with van der Waals surface area (Å²) in [4.78, 5) is 12.3. The van der Waals surface area contributed by atoms with Gasteiger partial charge in [-0.15, -0.1) is 0 Å². The zero-order chi connectivity index (χ0) is 16.4. The molecule has 0 spiro atoms. The Morgan fingerprint density at radius 3 is 3.04 bits per heavy atom. The number of hydrogen-bond donors (Lipinski definition) is 3. The summed E-state index contributed by atoms with van der Waals surface area (Å²) in [6, 6.07) is 5.89. The van der Waals surface area contributed by atoms with Crippen LogP contribution in [-0.4, -0.2) is 42.4 Å². The van der Waals surface area contributed by atoms with E-state index in [1.54, 1.807) is 0 Å². The lowest BCUT2D eigenvalue weighted by atomic mass is 10.1.